The van der Waals surface area contributed by atoms with Crippen molar-refractivity contribution in [2.45, 2.75) is 13.0 Å². The zero-order chi connectivity index (χ0) is 11.4. The fourth-order valence-corrected chi connectivity index (χ4v) is 1.25. The van der Waals surface area contributed by atoms with Crippen LogP contribution in [0.2, 0.25) is 0 Å². The van der Waals surface area contributed by atoms with E-state index in [4.69, 9.17) is 0 Å². The second-order valence-corrected chi connectivity index (χ2v) is 4.02. The molecule has 0 aromatic heterocycles. The molecule has 1 unspecified atom stereocenters. The number of hydrogen-bond acceptors (Lipinski definition) is 2. The molecule has 0 saturated heterocycles. The maximum atomic E-state index is 11.6. The Bertz CT molecular complexity index is 390. The van der Waals surface area contributed by atoms with Crippen LogP contribution in [0.3, 0.4) is 0 Å². The van der Waals surface area contributed by atoms with Gasteiger partial charge in [0.1, 0.15) is 5.75 Å². The topological polar surface area (TPSA) is 49.3 Å². The summed E-state index contributed by atoms with van der Waals surface area (Å²) in [5, 5.41) is 12.1. The van der Waals surface area contributed by atoms with Crippen molar-refractivity contribution >= 4 is 21.8 Å². The molecule has 1 rings (SSSR count). The van der Waals surface area contributed by atoms with E-state index in [9.17, 15) is 9.90 Å². The van der Waals surface area contributed by atoms with Gasteiger partial charge >= 0.3 is 0 Å². The first kappa shape index (κ1) is 11.8. The lowest BCUT2D eigenvalue weighted by Crippen LogP contribution is -2.30. The van der Waals surface area contributed by atoms with Crippen molar-refractivity contribution in [2.75, 3.05) is 0 Å². The van der Waals surface area contributed by atoms with Gasteiger partial charge in [0.15, 0.2) is 0 Å². The molecule has 2 N–H and O–H groups in total. The van der Waals surface area contributed by atoms with E-state index in [-0.39, 0.29) is 17.7 Å². The fraction of sp³-hybridized carbons (Fsp3) is 0.182. The molecule has 3 nitrogen and oxygen atoms in total. The number of phenols is 1. The zero-order valence-electron chi connectivity index (χ0n) is 8.33. The summed E-state index contributed by atoms with van der Waals surface area (Å²) in [7, 11) is 0. The minimum absolute atomic E-state index is 0.0499. The Hall–Kier alpha value is -1.29. The SMILES string of the molecule is C=CC(C)NC(=O)c1ccc(Br)c(O)c1. The van der Waals surface area contributed by atoms with E-state index in [0.29, 0.717) is 10.0 Å². The number of halogens is 1. The molecule has 1 aromatic rings. The Morgan fingerprint density at radius 1 is 1.67 bits per heavy atom. The van der Waals surface area contributed by atoms with Crippen LogP contribution in [0.15, 0.2) is 35.3 Å². The number of carbonyl (C=O) groups is 1. The molecule has 0 aliphatic carbocycles. The highest BCUT2D eigenvalue weighted by atomic mass is 79.9. The molecular weight excluding hydrogens is 258 g/mol. The van der Waals surface area contributed by atoms with Gasteiger partial charge in [0.2, 0.25) is 0 Å². The summed E-state index contributed by atoms with van der Waals surface area (Å²) in [6.45, 7) is 5.39. The summed E-state index contributed by atoms with van der Waals surface area (Å²) in [5.41, 5.74) is 0.421. The van der Waals surface area contributed by atoms with E-state index in [1.807, 2.05) is 6.92 Å². The molecule has 1 amide bonds. The summed E-state index contributed by atoms with van der Waals surface area (Å²) in [6.07, 6.45) is 1.64. The molecule has 0 heterocycles. The highest BCUT2D eigenvalue weighted by molar-refractivity contribution is 9.10. The Morgan fingerprint density at radius 2 is 2.33 bits per heavy atom. The van der Waals surface area contributed by atoms with Gasteiger partial charge in [-0.1, -0.05) is 6.08 Å². The van der Waals surface area contributed by atoms with Gasteiger partial charge in [-0.2, -0.15) is 0 Å². The second kappa shape index (κ2) is 4.98. The number of phenolic OH excluding ortho intramolecular Hbond substituents is 1. The van der Waals surface area contributed by atoms with E-state index in [2.05, 4.69) is 27.8 Å². The lowest BCUT2D eigenvalue weighted by atomic mass is 10.2. The van der Waals surface area contributed by atoms with Crippen molar-refractivity contribution < 1.29 is 9.90 Å². The zero-order valence-corrected chi connectivity index (χ0v) is 9.91. The number of rotatable bonds is 3. The molecule has 1 aromatic carbocycles. The van der Waals surface area contributed by atoms with Crippen LogP contribution in [0.5, 0.6) is 5.75 Å². The first-order valence-electron chi connectivity index (χ1n) is 4.46. The van der Waals surface area contributed by atoms with Crippen molar-refractivity contribution in [1.82, 2.24) is 5.32 Å². The van der Waals surface area contributed by atoms with Gasteiger partial charge in [-0.05, 0) is 41.1 Å². The third-order valence-corrected chi connectivity index (χ3v) is 2.59. The van der Waals surface area contributed by atoms with E-state index < -0.39 is 0 Å². The van der Waals surface area contributed by atoms with Gasteiger partial charge in [0.25, 0.3) is 5.91 Å². The highest BCUT2D eigenvalue weighted by Gasteiger charge is 2.09. The highest BCUT2D eigenvalue weighted by Crippen LogP contribution is 2.24. The van der Waals surface area contributed by atoms with Crippen molar-refractivity contribution in [3.8, 4) is 5.75 Å². The average molecular weight is 270 g/mol. The standard InChI is InChI=1S/C11H12BrNO2/c1-3-7(2)13-11(15)8-4-5-9(12)10(14)6-8/h3-7,14H,1H2,2H3,(H,13,15). The quantitative estimate of drug-likeness (QED) is 0.829. The Kier molecular flexibility index (Phi) is 3.91. The molecule has 80 valence electrons. The van der Waals surface area contributed by atoms with Gasteiger partial charge in [-0.15, -0.1) is 6.58 Å². The largest absolute Gasteiger partial charge is 0.507 e. The van der Waals surface area contributed by atoms with Gasteiger partial charge in [0.05, 0.1) is 4.47 Å². The molecule has 0 spiro atoms. The smallest absolute Gasteiger partial charge is 0.251 e. The third kappa shape index (κ3) is 3.09. The van der Waals surface area contributed by atoms with E-state index >= 15 is 0 Å². The summed E-state index contributed by atoms with van der Waals surface area (Å²) < 4.78 is 0.566. The molecule has 0 bridgehead atoms. The molecule has 15 heavy (non-hydrogen) atoms. The van der Waals surface area contributed by atoms with Gasteiger partial charge < -0.3 is 10.4 Å². The number of aromatic hydroxyl groups is 1. The number of benzene rings is 1. The van der Waals surface area contributed by atoms with Crippen molar-refractivity contribution in [3.63, 3.8) is 0 Å². The van der Waals surface area contributed by atoms with Crippen LogP contribution in [-0.4, -0.2) is 17.1 Å². The normalized spacial score (nSPS) is 11.9. The molecule has 4 heteroatoms. The molecule has 0 aliphatic heterocycles. The number of hydrogen-bond donors (Lipinski definition) is 2. The van der Waals surface area contributed by atoms with E-state index in [1.54, 1.807) is 18.2 Å². The van der Waals surface area contributed by atoms with Gasteiger partial charge in [-0.3, -0.25) is 4.79 Å². The predicted molar refractivity (Wildman–Crippen MR) is 62.9 cm³/mol. The van der Waals surface area contributed by atoms with Crippen LogP contribution in [0.1, 0.15) is 17.3 Å². The van der Waals surface area contributed by atoms with Crippen molar-refractivity contribution in [1.29, 1.82) is 0 Å². The van der Waals surface area contributed by atoms with Crippen LogP contribution >= 0.6 is 15.9 Å². The van der Waals surface area contributed by atoms with Crippen LogP contribution in [0, 0.1) is 0 Å². The predicted octanol–water partition coefficient (Wildman–Crippen LogP) is 2.46. The van der Waals surface area contributed by atoms with Crippen LogP contribution in [-0.2, 0) is 0 Å². The van der Waals surface area contributed by atoms with Gasteiger partial charge in [-0.25, -0.2) is 0 Å². The summed E-state index contributed by atoms with van der Waals surface area (Å²) in [6, 6.07) is 4.58. The summed E-state index contributed by atoms with van der Waals surface area (Å²) in [4.78, 5) is 11.6. The first-order chi connectivity index (χ1) is 7.04. The summed E-state index contributed by atoms with van der Waals surface area (Å²) >= 11 is 3.15. The van der Waals surface area contributed by atoms with Crippen molar-refractivity contribution in [3.05, 3.63) is 40.9 Å². The third-order valence-electron chi connectivity index (χ3n) is 1.92. The number of carbonyl (C=O) groups excluding carboxylic acids is 1. The van der Waals surface area contributed by atoms with E-state index in [0.717, 1.165) is 0 Å². The van der Waals surface area contributed by atoms with Crippen LogP contribution in [0.4, 0.5) is 0 Å². The maximum absolute atomic E-state index is 11.6. The maximum Gasteiger partial charge on any atom is 0.251 e. The monoisotopic (exact) mass is 269 g/mol. The molecule has 0 aliphatic rings. The average Bonchev–Trinajstić information content (AvgIpc) is 2.21. The Balaban J connectivity index is 2.83. The number of nitrogens with one attached hydrogen (secondary N) is 1. The molecule has 0 fully saturated rings. The second-order valence-electron chi connectivity index (χ2n) is 3.16. The van der Waals surface area contributed by atoms with Gasteiger partial charge in [0, 0.05) is 11.6 Å². The molecule has 0 radical (unpaired) electrons. The van der Waals surface area contributed by atoms with E-state index in [1.165, 1.54) is 6.07 Å². The van der Waals surface area contributed by atoms with Crippen LogP contribution in [0.25, 0.3) is 0 Å². The first-order valence-corrected chi connectivity index (χ1v) is 5.26. The molecule has 0 saturated carbocycles. The Labute approximate surface area is 96.9 Å². The minimum atomic E-state index is -0.231. The summed E-state index contributed by atoms with van der Waals surface area (Å²) in [5.74, 6) is -0.181. The lowest BCUT2D eigenvalue weighted by molar-refractivity contribution is 0.0946. The molecular formula is C11H12BrNO2. The fourth-order valence-electron chi connectivity index (χ4n) is 1.00. The molecule has 1 atom stereocenters. The lowest BCUT2D eigenvalue weighted by Gasteiger charge is -2.09. The van der Waals surface area contributed by atoms with Crippen LogP contribution < -0.4 is 5.32 Å². The number of amides is 1. The minimum Gasteiger partial charge on any atom is -0.507 e. The Morgan fingerprint density at radius 3 is 2.87 bits per heavy atom. The van der Waals surface area contributed by atoms with Crippen molar-refractivity contribution in [2.24, 2.45) is 0 Å².